The van der Waals surface area contributed by atoms with Crippen LogP contribution in [0.4, 0.5) is 32.6 Å². The van der Waals surface area contributed by atoms with Crippen molar-refractivity contribution < 1.29 is 57.1 Å². The summed E-state index contributed by atoms with van der Waals surface area (Å²) in [6, 6.07) is 5.69. The number of halogens is 6. The minimum absolute atomic E-state index is 0.0787. The first kappa shape index (κ1) is 41.2. The smallest absolute Gasteiger partial charge is 0.408 e. The Hall–Kier alpha value is -4.52. The van der Waals surface area contributed by atoms with Crippen LogP contribution in [0.25, 0.3) is 22.0 Å². The van der Waals surface area contributed by atoms with Crippen molar-refractivity contribution in [2.45, 2.75) is 43.8 Å². The molecule has 13 nitrogen and oxygen atoms in total. The lowest BCUT2D eigenvalue weighted by Gasteiger charge is -2.21. The first-order valence-corrected chi connectivity index (χ1v) is 20.3. The van der Waals surface area contributed by atoms with Crippen molar-refractivity contribution in [3.05, 3.63) is 76.1 Å². The SMILES string of the molecule is CC(C)(C#Cc1ccc(-c2ccc(Cl)c3c(N(CS(C)(=O)=O)[SH](=O)=O)nn(CC(F)(F)F)c23)c(C(Cc2cc(F)cc(F)c2)NC(=O)O)n1)S(C)(=O)=O. The van der Waals surface area contributed by atoms with Crippen LogP contribution in [-0.2, 0) is 43.5 Å². The molecular formula is C31H29ClF5N5O8S3. The van der Waals surface area contributed by atoms with Crippen LogP contribution in [0.5, 0.6) is 0 Å². The second kappa shape index (κ2) is 15.1. The van der Waals surface area contributed by atoms with Gasteiger partial charge in [-0.2, -0.15) is 18.3 Å². The van der Waals surface area contributed by atoms with E-state index in [9.17, 15) is 57.1 Å². The molecule has 286 valence electrons. The van der Waals surface area contributed by atoms with Gasteiger partial charge >= 0.3 is 12.3 Å². The molecular weight excluding hydrogens is 797 g/mol. The number of carboxylic acid groups (broad SMARTS) is 1. The van der Waals surface area contributed by atoms with E-state index in [1.807, 2.05) is 0 Å². The number of sulfone groups is 2. The minimum Gasteiger partial charge on any atom is -0.465 e. The molecule has 53 heavy (non-hydrogen) atoms. The summed E-state index contributed by atoms with van der Waals surface area (Å²) in [6.07, 6.45) is -5.51. The van der Waals surface area contributed by atoms with E-state index in [4.69, 9.17) is 11.6 Å². The maximum absolute atomic E-state index is 14.2. The number of benzene rings is 2. The third kappa shape index (κ3) is 10.1. The van der Waals surface area contributed by atoms with Crippen LogP contribution in [0.2, 0.25) is 5.02 Å². The van der Waals surface area contributed by atoms with Crippen LogP contribution in [0.15, 0.2) is 42.5 Å². The second-order valence-electron chi connectivity index (χ2n) is 12.3. The average molecular weight is 826 g/mol. The maximum atomic E-state index is 14.2. The highest BCUT2D eigenvalue weighted by Gasteiger charge is 2.34. The number of hydrogen-bond donors (Lipinski definition) is 3. The maximum Gasteiger partial charge on any atom is 0.408 e. The normalized spacial score (nSPS) is 13.1. The highest BCUT2D eigenvalue weighted by atomic mass is 35.5. The number of amides is 1. The van der Waals surface area contributed by atoms with Gasteiger partial charge in [-0.3, -0.25) is 4.68 Å². The molecule has 0 aliphatic carbocycles. The van der Waals surface area contributed by atoms with Gasteiger partial charge in [0, 0.05) is 29.7 Å². The van der Waals surface area contributed by atoms with Crippen molar-refractivity contribution >= 4 is 65.0 Å². The average Bonchev–Trinajstić information content (AvgIpc) is 3.35. The number of rotatable bonds is 11. The fraction of sp³-hybridized carbons (Fsp3) is 0.323. The zero-order chi connectivity index (χ0) is 39.8. The number of carbonyl (C=O) groups is 1. The van der Waals surface area contributed by atoms with Crippen molar-refractivity contribution in [2.24, 2.45) is 0 Å². The zero-order valence-electron chi connectivity index (χ0n) is 27.9. The number of fused-ring (bicyclic) bond motifs is 1. The van der Waals surface area contributed by atoms with Crippen LogP contribution in [0.3, 0.4) is 0 Å². The van der Waals surface area contributed by atoms with Gasteiger partial charge in [0.2, 0.25) is 10.9 Å². The molecule has 0 saturated carbocycles. The fourth-order valence-corrected chi connectivity index (χ4v) is 7.37. The Labute approximate surface area is 306 Å². The molecule has 1 atom stereocenters. The monoisotopic (exact) mass is 825 g/mol. The van der Waals surface area contributed by atoms with Crippen LogP contribution in [0.1, 0.15) is 36.8 Å². The number of anilines is 1. The third-order valence-electron chi connectivity index (χ3n) is 7.58. The molecule has 1 unspecified atom stereocenters. The molecule has 0 fully saturated rings. The number of aromatic nitrogens is 3. The Morgan fingerprint density at radius 1 is 1.04 bits per heavy atom. The first-order chi connectivity index (χ1) is 24.3. The van der Waals surface area contributed by atoms with Gasteiger partial charge in [-0.15, -0.1) is 0 Å². The van der Waals surface area contributed by atoms with Crippen LogP contribution >= 0.6 is 11.6 Å². The number of thiol groups is 1. The molecule has 0 bridgehead atoms. The van der Waals surface area contributed by atoms with Gasteiger partial charge in [0.1, 0.15) is 34.5 Å². The Bertz CT molecular complexity index is 2450. The standard InChI is InChI=1S/C31H29ClF5N5O8S3/c1-30(2,53(4,49)50)10-9-20-5-6-21(26(38-20)24(39-29(43)44)13-17-11-18(33)14-19(34)12-17)22-7-8-23(32)25-27(22)41(15-31(35,36)37)40-28(25)42(51(45)46)16-52(3,47)48/h5-8,11-12,14,24,39,51H,13,15-16H2,1-4H3,(H,43,44). The highest BCUT2D eigenvalue weighted by Crippen LogP contribution is 2.42. The topological polar surface area (TPSA) is 186 Å². The fourth-order valence-electron chi connectivity index (χ4n) is 5.03. The molecule has 2 heterocycles. The van der Waals surface area contributed by atoms with Crippen molar-refractivity contribution in [3.63, 3.8) is 0 Å². The summed E-state index contributed by atoms with van der Waals surface area (Å²) < 4.78 is 143. The number of pyridine rings is 1. The van der Waals surface area contributed by atoms with Crippen LogP contribution in [-0.4, -0.2) is 80.5 Å². The van der Waals surface area contributed by atoms with Crippen molar-refractivity contribution in [1.82, 2.24) is 20.1 Å². The van der Waals surface area contributed by atoms with Crippen LogP contribution < -0.4 is 9.62 Å². The van der Waals surface area contributed by atoms with Gasteiger partial charge in [0.05, 0.1) is 27.7 Å². The summed E-state index contributed by atoms with van der Waals surface area (Å²) in [5, 5.41) is 15.0. The predicted octanol–water partition coefficient (Wildman–Crippen LogP) is 4.65. The number of nitrogens with zero attached hydrogens (tertiary/aromatic N) is 4. The highest BCUT2D eigenvalue weighted by molar-refractivity contribution is 7.92. The Morgan fingerprint density at radius 2 is 1.64 bits per heavy atom. The molecule has 2 aromatic carbocycles. The van der Waals surface area contributed by atoms with Crippen LogP contribution in [0, 0.1) is 23.5 Å². The molecule has 4 aromatic rings. The summed E-state index contributed by atoms with van der Waals surface area (Å²) >= 11 is 6.43. The molecule has 2 aromatic heterocycles. The Balaban J connectivity index is 2.14. The molecule has 0 radical (unpaired) electrons. The van der Waals surface area contributed by atoms with E-state index in [0.29, 0.717) is 17.0 Å². The van der Waals surface area contributed by atoms with Gasteiger partial charge in [-0.1, -0.05) is 23.6 Å². The lowest BCUT2D eigenvalue weighted by Crippen LogP contribution is -2.30. The van der Waals surface area contributed by atoms with E-state index >= 15 is 0 Å². The van der Waals surface area contributed by atoms with E-state index in [2.05, 4.69) is 27.2 Å². The van der Waals surface area contributed by atoms with Gasteiger partial charge in [0.25, 0.3) is 0 Å². The van der Waals surface area contributed by atoms with Gasteiger partial charge in [-0.05, 0) is 62.1 Å². The Kier molecular flexibility index (Phi) is 11.7. The van der Waals surface area contributed by atoms with E-state index in [1.54, 1.807) is 0 Å². The van der Waals surface area contributed by atoms with Gasteiger partial charge < -0.3 is 10.4 Å². The molecule has 1 amide bonds. The quantitative estimate of drug-likeness (QED) is 0.109. The minimum atomic E-state index is -4.99. The molecule has 0 spiro atoms. The third-order valence-corrected chi connectivity index (χ3v) is 11.5. The lowest BCUT2D eigenvalue weighted by atomic mass is 9.93. The molecule has 0 saturated heterocycles. The summed E-state index contributed by atoms with van der Waals surface area (Å²) in [5.74, 6) is 1.14. The number of nitrogens with one attached hydrogen (secondary N) is 1. The van der Waals surface area contributed by atoms with Crippen molar-refractivity contribution in [1.29, 1.82) is 0 Å². The largest absolute Gasteiger partial charge is 0.465 e. The van der Waals surface area contributed by atoms with Crippen molar-refractivity contribution in [2.75, 3.05) is 22.7 Å². The number of hydrogen-bond acceptors (Lipinski definition) is 9. The van der Waals surface area contributed by atoms with E-state index < -0.39 is 101 Å². The molecule has 22 heteroatoms. The number of alkyl halides is 3. The first-order valence-electron chi connectivity index (χ1n) is 14.8. The van der Waals surface area contributed by atoms with E-state index in [1.165, 1.54) is 32.0 Å². The van der Waals surface area contributed by atoms with Crippen molar-refractivity contribution in [3.8, 4) is 23.0 Å². The van der Waals surface area contributed by atoms with E-state index in [-0.39, 0.29) is 37.4 Å². The molecule has 4 rings (SSSR count). The van der Waals surface area contributed by atoms with Gasteiger partial charge in [0.15, 0.2) is 25.5 Å². The second-order valence-corrected chi connectivity index (χ2v) is 18.3. The van der Waals surface area contributed by atoms with Gasteiger partial charge in [-0.25, -0.2) is 48.1 Å². The van der Waals surface area contributed by atoms with E-state index in [0.717, 1.165) is 24.5 Å². The summed E-state index contributed by atoms with van der Waals surface area (Å²) in [6.45, 7) is 0.778. The zero-order valence-corrected chi connectivity index (χ0v) is 31.1. The molecule has 0 aliphatic heterocycles. The lowest BCUT2D eigenvalue weighted by molar-refractivity contribution is -0.141. The Morgan fingerprint density at radius 3 is 2.17 bits per heavy atom. The predicted molar refractivity (Wildman–Crippen MR) is 186 cm³/mol. The summed E-state index contributed by atoms with van der Waals surface area (Å²) in [7, 11) is -11.7. The summed E-state index contributed by atoms with van der Waals surface area (Å²) in [5.41, 5.74) is -1.33. The summed E-state index contributed by atoms with van der Waals surface area (Å²) in [4.78, 5) is 16.5. The molecule has 0 aliphatic rings. The molecule has 2 N–H and O–H groups in total.